The molecule has 1 fully saturated rings. The number of halogens is 1. The summed E-state index contributed by atoms with van der Waals surface area (Å²) in [5.41, 5.74) is 2.34. The summed E-state index contributed by atoms with van der Waals surface area (Å²) in [7, 11) is 0. The summed E-state index contributed by atoms with van der Waals surface area (Å²) in [4.78, 5) is 2.57. The van der Waals surface area contributed by atoms with E-state index in [1.54, 1.807) is 0 Å². The molecule has 2 heterocycles. The SMILES string of the molecule is CCn1nc(C)c(Br)c1CNCCCN1CCCC1. The van der Waals surface area contributed by atoms with E-state index in [1.165, 1.54) is 44.6 Å². The van der Waals surface area contributed by atoms with E-state index in [9.17, 15) is 0 Å². The molecular weight excluding hydrogens is 304 g/mol. The zero-order valence-electron chi connectivity index (χ0n) is 12.1. The monoisotopic (exact) mass is 328 g/mol. The highest BCUT2D eigenvalue weighted by molar-refractivity contribution is 9.10. The van der Waals surface area contributed by atoms with E-state index in [0.29, 0.717) is 0 Å². The average Bonchev–Trinajstić information content (AvgIpc) is 3.01. The molecule has 5 heteroatoms. The normalized spacial score (nSPS) is 16.4. The first kappa shape index (κ1) is 15.0. The first-order valence-electron chi connectivity index (χ1n) is 7.37. The second-order valence-corrected chi connectivity index (χ2v) is 6.03. The fourth-order valence-corrected chi connectivity index (χ4v) is 3.10. The summed E-state index contributed by atoms with van der Waals surface area (Å²) in [6.45, 7) is 10.9. The number of rotatable bonds is 7. The van der Waals surface area contributed by atoms with Gasteiger partial charge in [0, 0.05) is 13.1 Å². The molecule has 0 spiro atoms. The van der Waals surface area contributed by atoms with Crippen LogP contribution in [0.25, 0.3) is 0 Å². The maximum atomic E-state index is 4.51. The fraction of sp³-hybridized carbons (Fsp3) is 0.786. The molecule has 19 heavy (non-hydrogen) atoms. The van der Waals surface area contributed by atoms with Crippen molar-refractivity contribution in [1.29, 1.82) is 0 Å². The van der Waals surface area contributed by atoms with Gasteiger partial charge in [-0.15, -0.1) is 0 Å². The molecule has 2 rings (SSSR count). The van der Waals surface area contributed by atoms with Gasteiger partial charge in [0.2, 0.25) is 0 Å². The van der Waals surface area contributed by atoms with Crippen molar-refractivity contribution in [2.24, 2.45) is 0 Å². The first-order chi connectivity index (χ1) is 9.22. The second-order valence-electron chi connectivity index (χ2n) is 5.24. The summed E-state index contributed by atoms with van der Waals surface area (Å²) >= 11 is 3.63. The van der Waals surface area contributed by atoms with Crippen molar-refractivity contribution in [2.75, 3.05) is 26.2 Å². The van der Waals surface area contributed by atoms with Gasteiger partial charge in [0.05, 0.1) is 15.9 Å². The zero-order chi connectivity index (χ0) is 13.7. The topological polar surface area (TPSA) is 33.1 Å². The molecule has 108 valence electrons. The highest BCUT2D eigenvalue weighted by atomic mass is 79.9. The Labute approximate surface area is 124 Å². The van der Waals surface area contributed by atoms with Crippen LogP contribution >= 0.6 is 15.9 Å². The first-order valence-corrected chi connectivity index (χ1v) is 8.16. The van der Waals surface area contributed by atoms with E-state index in [2.05, 4.69) is 42.9 Å². The number of likely N-dealkylation sites (tertiary alicyclic amines) is 1. The maximum Gasteiger partial charge on any atom is 0.0739 e. The molecule has 0 bridgehead atoms. The molecular formula is C14H25BrN4. The Hall–Kier alpha value is -0.390. The van der Waals surface area contributed by atoms with Crippen molar-refractivity contribution < 1.29 is 0 Å². The predicted molar refractivity (Wildman–Crippen MR) is 82.3 cm³/mol. The Morgan fingerprint density at radius 1 is 1.32 bits per heavy atom. The lowest BCUT2D eigenvalue weighted by molar-refractivity contribution is 0.330. The maximum absolute atomic E-state index is 4.51. The number of aromatic nitrogens is 2. The standard InChI is InChI=1S/C14H25BrN4/c1-3-19-13(14(15)12(2)17-19)11-16-7-6-10-18-8-4-5-9-18/h16H,3-11H2,1-2H3. The Kier molecular flexibility index (Phi) is 5.85. The molecule has 1 aliphatic rings. The van der Waals surface area contributed by atoms with E-state index in [-0.39, 0.29) is 0 Å². The van der Waals surface area contributed by atoms with Crippen LogP contribution in [0.15, 0.2) is 4.47 Å². The van der Waals surface area contributed by atoms with E-state index >= 15 is 0 Å². The Bertz CT molecular complexity index is 396. The van der Waals surface area contributed by atoms with Crippen molar-refractivity contribution >= 4 is 15.9 Å². The minimum atomic E-state index is 0.898. The van der Waals surface area contributed by atoms with Gasteiger partial charge in [0.25, 0.3) is 0 Å². The van der Waals surface area contributed by atoms with E-state index in [4.69, 9.17) is 0 Å². The predicted octanol–water partition coefficient (Wildman–Crippen LogP) is 2.55. The largest absolute Gasteiger partial charge is 0.311 e. The van der Waals surface area contributed by atoms with E-state index in [1.807, 2.05) is 6.92 Å². The quantitative estimate of drug-likeness (QED) is 0.781. The Morgan fingerprint density at radius 3 is 2.74 bits per heavy atom. The van der Waals surface area contributed by atoms with Gasteiger partial charge in [-0.3, -0.25) is 4.68 Å². The lowest BCUT2D eigenvalue weighted by Gasteiger charge is -2.14. The number of hydrogen-bond donors (Lipinski definition) is 1. The van der Waals surface area contributed by atoms with Gasteiger partial charge < -0.3 is 10.2 Å². The molecule has 0 saturated carbocycles. The summed E-state index contributed by atoms with van der Waals surface area (Å²) in [6.07, 6.45) is 4.00. The zero-order valence-corrected chi connectivity index (χ0v) is 13.7. The molecule has 1 saturated heterocycles. The van der Waals surface area contributed by atoms with Crippen LogP contribution in [0.4, 0.5) is 0 Å². The molecule has 4 nitrogen and oxygen atoms in total. The average molecular weight is 329 g/mol. The van der Waals surface area contributed by atoms with Crippen molar-refractivity contribution in [3.05, 3.63) is 15.9 Å². The highest BCUT2D eigenvalue weighted by Crippen LogP contribution is 2.20. The van der Waals surface area contributed by atoms with E-state index < -0.39 is 0 Å². The molecule has 0 unspecified atom stereocenters. The second kappa shape index (κ2) is 7.41. The van der Waals surface area contributed by atoms with Gasteiger partial charge in [-0.2, -0.15) is 5.10 Å². The van der Waals surface area contributed by atoms with Gasteiger partial charge in [-0.05, 0) is 75.2 Å². The smallest absolute Gasteiger partial charge is 0.0739 e. The number of hydrogen-bond acceptors (Lipinski definition) is 3. The third kappa shape index (κ3) is 4.04. The third-order valence-electron chi connectivity index (χ3n) is 3.77. The minimum absolute atomic E-state index is 0.898. The van der Waals surface area contributed by atoms with Gasteiger partial charge in [0.15, 0.2) is 0 Å². The minimum Gasteiger partial charge on any atom is -0.311 e. The number of nitrogens with zero attached hydrogens (tertiary/aromatic N) is 3. The van der Waals surface area contributed by atoms with Crippen LogP contribution in [0.2, 0.25) is 0 Å². The van der Waals surface area contributed by atoms with Crippen LogP contribution in [0, 0.1) is 6.92 Å². The van der Waals surface area contributed by atoms with Crippen LogP contribution in [0.3, 0.4) is 0 Å². The highest BCUT2D eigenvalue weighted by Gasteiger charge is 2.12. The third-order valence-corrected chi connectivity index (χ3v) is 4.80. The molecule has 1 aliphatic heterocycles. The van der Waals surface area contributed by atoms with Gasteiger partial charge in [-0.1, -0.05) is 0 Å². The molecule has 0 amide bonds. The van der Waals surface area contributed by atoms with Crippen molar-refractivity contribution in [3.8, 4) is 0 Å². The van der Waals surface area contributed by atoms with E-state index in [0.717, 1.165) is 29.8 Å². The van der Waals surface area contributed by atoms with Gasteiger partial charge >= 0.3 is 0 Å². The molecule has 1 aromatic rings. The number of nitrogens with one attached hydrogen (secondary N) is 1. The lowest BCUT2D eigenvalue weighted by atomic mass is 10.3. The molecule has 1 aromatic heterocycles. The van der Waals surface area contributed by atoms with Crippen LogP contribution in [0.5, 0.6) is 0 Å². The summed E-state index contributed by atoms with van der Waals surface area (Å²) in [5, 5.41) is 8.05. The number of aryl methyl sites for hydroxylation is 2. The molecule has 0 aliphatic carbocycles. The van der Waals surface area contributed by atoms with Gasteiger partial charge in [-0.25, -0.2) is 0 Å². The van der Waals surface area contributed by atoms with Crippen LogP contribution in [0.1, 0.15) is 37.6 Å². The summed E-state index contributed by atoms with van der Waals surface area (Å²) in [5.74, 6) is 0. The van der Waals surface area contributed by atoms with Crippen molar-refractivity contribution in [1.82, 2.24) is 20.0 Å². The summed E-state index contributed by atoms with van der Waals surface area (Å²) in [6, 6.07) is 0. The molecule has 0 atom stereocenters. The lowest BCUT2D eigenvalue weighted by Crippen LogP contribution is -2.25. The van der Waals surface area contributed by atoms with Crippen molar-refractivity contribution in [3.63, 3.8) is 0 Å². The van der Waals surface area contributed by atoms with Crippen LogP contribution < -0.4 is 5.32 Å². The molecule has 0 aromatic carbocycles. The molecule has 0 radical (unpaired) electrons. The fourth-order valence-electron chi connectivity index (χ4n) is 2.68. The summed E-state index contributed by atoms with van der Waals surface area (Å²) < 4.78 is 3.23. The Balaban J connectivity index is 1.70. The molecule has 1 N–H and O–H groups in total. The van der Waals surface area contributed by atoms with Crippen molar-refractivity contribution in [2.45, 2.75) is 46.2 Å². The van der Waals surface area contributed by atoms with Crippen LogP contribution in [-0.2, 0) is 13.1 Å². The van der Waals surface area contributed by atoms with Crippen LogP contribution in [-0.4, -0.2) is 40.9 Å². The Morgan fingerprint density at radius 2 is 2.05 bits per heavy atom. The van der Waals surface area contributed by atoms with Gasteiger partial charge in [0.1, 0.15) is 0 Å².